The lowest BCUT2D eigenvalue weighted by Crippen LogP contribution is -2.50. The molecule has 2 N–H and O–H groups in total. The Kier molecular flexibility index (Phi) is 8.04. The molecule has 0 aromatic carbocycles. The van der Waals surface area contributed by atoms with Crippen LogP contribution in [-0.4, -0.2) is 49.8 Å². The maximum atomic E-state index is 5.52. The fraction of sp³-hybridized carbons (Fsp3) is 0.944. The standard InChI is InChI=1S/C18H35N3OS/c1-4-5-15-6-8-16(9-7-15)21-17(19-2)20-14-18(23-3)10-12-22-13-11-18/h15-16H,4-14H2,1-3H3,(H2,19,20,21). The number of nitrogens with one attached hydrogen (secondary N) is 2. The number of rotatable bonds is 6. The highest BCUT2D eigenvalue weighted by atomic mass is 32.2. The second kappa shape index (κ2) is 9.77. The summed E-state index contributed by atoms with van der Waals surface area (Å²) in [6, 6.07) is 0.592. The number of thioether (sulfide) groups is 1. The molecule has 4 nitrogen and oxygen atoms in total. The molecule has 0 amide bonds. The van der Waals surface area contributed by atoms with Crippen LogP contribution < -0.4 is 10.6 Å². The van der Waals surface area contributed by atoms with Gasteiger partial charge in [-0.05, 0) is 50.7 Å². The summed E-state index contributed by atoms with van der Waals surface area (Å²) in [7, 11) is 1.88. The molecule has 0 unspecified atom stereocenters. The van der Waals surface area contributed by atoms with E-state index in [2.05, 4.69) is 28.8 Å². The van der Waals surface area contributed by atoms with E-state index in [0.717, 1.165) is 44.5 Å². The highest BCUT2D eigenvalue weighted by molar-refractivity contribution is 8.00. The molecular formula is C18H35N3OS. The van der Waals surface area contributed by atoms with Crippen molar-refractivity contribution >= 4 is 17.7 Å². The Hall–Kier alpha value is -0.420. The van der Waals surface area contributed by atoms with Gasteiger partial charge in [0.15, 0.2) is 5.96 Å². The molecule has 2 aliphatic rings. The monoisotopic (exact) mass is 341 g/mol. The van der Waals surface area contributed by atoms with Gasteiger partial charge in [-0.3, -0.25) is 4.99 Å². The van der Waals surface area contributed by atoms with E-state index in [4.69, 9.17) is 4.74 Å². The molecule has 1 heterocycles. The van der Waals surface area contributed by atoms with Crippen LogP contribution in [0, 0.1) is 5.92 Å². The lowest BCUT2D eigenvalue weighted by atomic mass is 9.83. The molecule has 0 radical (unpaired) electrons. The number of ether oxygens (including phenoxy) is 1. The van der Waals surface area contributed by atoms with Crippen LogP contribution in [0.4, 0.5) is 0 Å². The van der Waals surface area contributed by atoms with Crippen molar-refractivity contribution in [2.45, 2.75) is 69.1 Å². The predicted octanol–water partition coefficient (Wildman–Crippen LogP) is 3.42. The molecule has 5 heteroatoms. The third kappa shape index (κ3) is 5.86. The first-order valence-electron chi connectivity index (χ1n) is 9.31. The maximum Gasteiger partial charge on any atom is 0.191 e. The van der Waals surface area contributed by atoms with Crippen LogP contribution in [0.5, 0.6) is 0 Å². The largest absolute Gasteiger partial charge is 0.381 e. The molecule has 0 atom stereocenters. The molecule has 2 rings (SSSR count). The van der Waals surface area contributed by atoms with Gasteiger partial charge in [-0.15, -0.1) is 0 Å². The third-order valence-electron chi connectivity index (χ3n) is 5.52. The van der Waals surface area contributed by atoms with E-state index in [0.29, 0.717) is 10.8 Å². The van der Waals surface area contributed by atoms with E-state index in [9.17, 15) is 0 Å². The summed E-state index contributed by atoms with van der Waals surface area (Å²) in [6.45, 7) is 5.04. The van der Waals surface area contributed by atoms with Gasteiger partial charge in [0.1, 0.15) is 0 Å². The van der Waals surface area contributed by atoms with E-state index in [1.54, 1.807) is 0 Å². The Morgan fingerprint density at radius 2 is 1.91 bits per heavy atom. The van der Waals surface area contributed by atoms with Crippen LogP contribution in [-0.2, 0) is 4.74 Å². The topological polar surface area (TPSA) is 45.7 Å². The number of guanidine groups is 1. The van der Waals surface area contributed by atoms with E-state index >= 15 is 0 Å². The third-order valence-corrected chi connectivity index (χ3v) is 6.94. The molecule has 1 aliphatic heterocycles. The highest BCUT2D eigenvalue weighted by Gasteiger charge is 2.32. The summed E-state index contributed by atoms with van der Waals surface area (Å²) in [5.41, 5.74) is 0. The average Bonchev–Trinajstić information content (AvgIpc) is 2.61. The summed E-state index contributed by atoms with van der Waals surface area (Å²) in [6.07, 6.45) is 12.5. The van der Waals surface area contributed by atoms with Crippen LogP contribution in [0.25, 0.3) is 0 Å². The van der Waals surface area contributed by atoms with Crippen molar-refractivity contribution in [3.63, 3.8) is 0 Å². The van der Waals surface area contributed by atoms with Crippen LogP contribution in [0.2, 0.25) is 0 Å². The van der Waals surface area contributed by atoms with Gasteiger partial charge in [0, 0.05) is 37.6 Å². The minimum absolute atomic E-state index is 0.300. The van der Waals surface area contributed by atoms with Gasteiger partial charge in [0.2, 0.25) is 0 Å². The summed E-state index contributed by atoms with van der Waals surface area (Å²) < 4.78 is 5.82. The molecule has 0 aromatic rings. The quantitative estimate of drug-likeness (QED) is 0.574. The maximum absolute atomic E-state index is 5.52. The van der Waals surface area contributed by atoms with Crippen LogP contribution in [0.3, 0.4) is 0 Å². The number of hydrogen-bond donors (Lipinski definition) is 2. The Bertz CT molecular complexity index is 361. The molecule has 1 aliphatic carbocycles. The van der Waals surface area contributed by atoms with Crippen molar-refractivity contribution < 1.29 is 4.74 Å². The second-order valence-electron chi connectivity index (χ2n) is 7.08. The van der Waals surface area contributed by atoms with Gasteiger partial charge >= 0.3 is 0 Å². The summed E-state index contributed by atoms with van der Waals surface area (Å²) in [4.78, 5) is 4.44. The molecule has 0 aromatic heterocycles. The van der Waals surface area contributed by atoms with Crippen molar-refractivity contribution in [1.29, 1.82) is 0 Å². The van der Waals surface area contributed by atoms with Crippen molar-refractivity contribution in [3.05, 3.63) is 0 Å². The number of nitrogens with zero attached hydrogens (tertiary/aromatic N) is 1. The molecule has 0 bridgehead atoms. The molecule has 1 saturated heterocycles. The smallest absolute Gasteiger partial charge is 0.191 e. The van der Waals surface area contributed by atoms with Gasteiger partial charge < -0.3 is 15.4 Å². The Labute approximate surface area is 146 Å². The normalized spacial score (nSPS) is 28.4. The number of aliphatic imine (C=N–C) groups is 1. The first kappa shape index (κ1) is 18.9. The number of hydrogen-bond acceptors (Lipinski definition) is 3. The Balaban J connectivity index is 1.75. The SMILES string of the molecule is CCCC1CCC(NC(=NC)NCC2(SC)CCOCC2)CC1. The zero-order chi connectivity index (χ0) is 16.5. The molecule has 0 spiro atoms. The van der Waals surface area contributed by atoms with E-state index in [1.807, 2.05) is 18.8 Å². The Morgan fingerprint density at radius 1 is 1.22 bits per heavy atom. The first-order valence-corrected chi connectivity index (χ1v) is 10.5. The molecule has 134 valence electrons. The van der Waals surface area contributed by atoms with Crippen molar-refractivity contribution in [3.8, 4) is 0 Å². The minimum atomic E-state index is 0.300. The fourth-order valence-electron chi connectivity index (χ4n) is 3.83. The van der Waals surface area contributed by atoms with Crippen molar-refractivity contribution in [2.75, 3.05) is 33.1 Å². The van der Waals surface area contributed by atoms with E-state index in [-0.39, 0.29) is 0 Å². The van der Waals surface area contributed by atoms with Crippen molar-refractivity contribution in [1.82, 2.24) is 10.6 Å². The van der Waals surface area contributed by atoms with Crippen molar-refractivity contribution in [2.24, 2.45) is 10.9 Å². The van der Waals surface area contributed by atoms with Crippen LogP contribution in [0.15, 0.2) is 4.99 Å². The van der Waals surface area contributed by atoms with E-state index < -0.39 is 0 Å². The predicted molar refractivity (Wildman–Crippen MR) is 101 cm³/mol. The Morgan fingerprint density at radius 3 is 2.48 bits per heavy atom. The second-order valence-corrected chi connectivity index (χ2v) is 8.35. The van der Waals surface area contributed by atoms with Gasteiger partial charge in [0.25, 0.3) is 0 Å². The minimum Gasteiger partial charge on any atom is -0.381 e. The first-order chi connectivity index (χ1) is 11.2. The zero-order valence-corrected chi connectivity index (χ0v) is 16.0. The summed E-state index contributed by atoms with van der Waals surface area (Å²) in [5.74, 6) is 1.93. The lowest BCUT2D eigenvalue weighted by Gasteiger charge is -2.36. The average molecular weight is 342 g/mol. The highest BCUT2D eigenvalue weighted by Crippen LogP contribution is 2.33. The molecular weight excluding hydrogens is 306 g/mol. The van der Waals surface area contributed by atoms with Crippen LogP contribution in [0.1, 0.15) is 58.3 Å². The van der Waals surface area contributed by atoms with Gasteiger partial charge in [-0.2, -0.15) is 11.8 Å². The summed E-state index contributed by atoms with van der Waals surface area (Å²) >= 11 is 1.97. The van der Waals surface area contributed by atoms with Crippen LogP contribution >= 0.6 is 11.8 Å². The molecule has 2 fully saturated rings. The fourth-order valence-corrected chi connectivity index (χ4v) is 4.62. The van der Waals surface area contributed by atoms with Gasteiger partial charge in [-0.25, -0.2) is 0 Å². The summed E-state index contributed by atoms with van der Waals surface area (Å²) in [5, 5.41) is 7.22. The van der Waals surface area contributed by atoms with Gasteiger partial charge in [0.05, 0.1) is 0 Å². The van der Waals surface area contributed by atoms with E-state index in [1.165, 1.54) is 38.5 Å². The molecule has 23 heavy (non-hydrogen) atoms. The van der Waals surface area contributed by atoms with Gasteiger partial charge in [-0.1, -0.05) is 19.8 Å². The lowest BCUT2D eigenvalue weighted by molar-refractivity contribution is 0.0782. The molecule has 1 saturated carbocycles. The zero-order valence-electron chi connectivity index (χ0n) is 15.2.